The Bertz CT molecular complexity index is 1110. The maximum Gasteiger partial charge on any atom is 0.261 e. The molecule has 29 heavy (non-hydrogen) atoms. The molecule has 4 rings (SSSR count). The molecule has 8 nitrogen and oxygen atoms in total. The predicted octanol–water partition coefficient (Wildman–Crippen LogP) is 1.73. The number of carbonyl (C=O) groups is 1. The van der Waals surface area contributed by atoms with Gasteiger partial charge in [-0.1, -0.05) is 6.92 Å². The molecule has 1 atom stereocenters. The zero-order valence-corrected chi connectivity index (χ0v) is 17.4. The van der Waals surface area contributed by atoms with Crippen LogP contribution in [0.15, 0.2) is 23.0 Å². The highest BCUT2D eigenvalue weighted by Gasteiger charge is 2.32. The van der Waals surface area contributed by atoms with E-state index in [9.17, 15) is 18.0 Å². The SMILES string of the molecule is CCCS(=O)(=O)N1CCCC(C(=O)Nc2ccc3nc4n(c(=O)c3c2)CCC4)C1. The normalized spacial score (nSPS) is 20.0. The Hall–Kier alpha value is -2.26. The summed E-state index contributed by atoms with van der Waals surface area (Å²) in [5, 5.41) is 3.36. The van der Waals surface area contributed by atoms with Gasteiger partial charge in [0.25, 0.3) is 5.56 Å². The van der Waals surface area contributed by atoms with Gasteiger partial charge in [-0.15, -0.1) is 0 Å². The minimum absolute atomic E-state index is 0.0758. The van der Waals surface area contributed by atoms with Crippen molar-refractivity contribution in [1.29, 1.82) is 0 Å². The van der Waals surface area contributed by atoms with Gasteiger partial charge < -0.3 is 5.32 Å². The summed E-state index contributed by atoms with van der Waals surface area (Å²) >= 11 is 0. The number of hydrogen-bond acceptors (Lipinski definition) is 5. The Balaban J connectivity index is 1.52. The van der Waals surface area contributed by atoms with Crippen LogP contribution in [0.5, 0.6) is 0 Å². The number of carbonyl (C=O) groups excluding carboxylic acids is 1. The van der Waals surface area contributed by atoms with Crippen LogP contribution in [0.4, 0.5) is 5.69 Å². The Labute approximate surface area is 170 Å². The molecule has 2 aliphatic heterocycles. The minimum Gasteiger partial charge on any atom is -0.326 e. The maximum absolute atomic E-state index is 12.8. The van der Waals surface area contributed by atoms with Crippen LogP contribution < -0.4 is 10.9 Å². The molecule has 1 aromatic carbocycles. The number of nitrogens with one attached hydrogen (secondary N) is 1. The van der Waals surface area contributed by atoms with Crippen LogP contribution in [0.1, 0.15) is 38.4 Å². The largest absolute Gasteiger partial charge is 0.326 e. The van der Waals surface area contributed by atoms with Crippen molar-refractivity contribution in [2.24, 2.45) is 5.92 Å². The summed E-state index contributed by atoms with van der Waals surface area (Å²) in [6.07, 6.45) is 3.59. The van der Waals surface area contributed by atoms with E-state index in [1.54, 1.807) is 22.8 Å². The van der Waals surface area contributed by atoms with E-state index in [0.29, 0.717) is 48.9 Å². The second-order valence-electron chi connectivity index (χ2n) is 7.82. The first kappa shape index (κ1) is 20.0. The maximum atomic E-state index is 12.8. The lowest BCUT2D eigenvalue weighted by Gasteiger charge is -2.31. The topological polar surface area (TPSA) is 101 Å². The van der Waals surface area contributed by atoms with Gasteiger partial charge in [-0.05, 0) is 43.9 Å². The Morgan fingerprint density at radius 1 is 1.28 bits per heavy atom. The van der Waals surface area contributed by atoms with E-state index in [-0.39, 0.29) is 23.8 Å². The van der Waals surface area contributed by atoms with Crippen LogP contribution in [0.25, 0.3) is 10.9 Å². The van der Waals surface area contributed by atoms with Crippen LogP contribution in [-0.4, -0.2) is 47.0 Å². The lowest BCUT2D eigenvalue weighted by Crippen LogP contribution is -2.44. The summed E-state index contributed by atoms with van der Waals surface area (Å²) in [4.78, 5) is 30.0. The highest BCUT2D eigenvalue weighted by atomic mass is 32.2. The van der Waals surface area contributed by atoms with E-state index < -0.39 is 15.9 Å². The molecule has 0 bridgehead atoms. The summed E-state index contributed by atoms with van der Waals surface area (Å²) in [5.74, 6) is 0.308. The van der Waals surface area contributed by atoms with Crippen molar-refractivity contribution in [2.75, 3.05) is 24.2 Å². The number of piperidine rings is 1. The monoisotopic (exact) mass is 418 g/mol. The van der Waals surface area contributed by atoms with Crippen molar-refractivity contribution >= 4 is 32.5 Å². The number of nitrogens with zero attached hydrogens (tertiary/aromatic N) is 3. The van der Waals surface area contributed by atoms with Gasteiger partial charge in [0.15, 0.2) is 0 Å². The molecule has 0 spiro atoms. The number of amides is 1. The first-order valence-corrected chi connectivity index (χ1v) is 11.8. The summed E-state index contributed by atoms with van der Waals surface area (Å²) in [6, 6.07) is 5.17. The van der Waals surface area contributed by atoms with Crippen LogP contribution >= 0.6 is 0 Å². The third-order valence-corrected chi connectivity index (χ3v) is 7.74. The van der Waals surface area contributed by atoms with Crippen molar-refractivity contribution in [1.82, 2.24) is 13.9 Å². The molecular weight excluding hydrogens is 392 g/mol. The van der Waals surface area contributed by atoms with E-state index in [0.717, 1.165) is 18.7 Å². The molecule has 1 N–H and O–H groups in total. The molecule has 3 heterocycles. The van der Waals surface area contributed by atoms with Crippen LogP contribution in [0, 0.1) is 5.92 Å². The van der Waals surface area contributed by atoms with Crippen LogP contribution in [0.2, 0.25) is 0 Å². The number of fused-ring (bicyclic) bond motifs is 2. The molecule has 1 saturated heterocycles. The van der Waals surface area contributed by atoms with Gasteiger partial charge in [-0.3, -0.25) is 14.2 Å². The highest BCUT2D eigenvalue weighted by Crippen LogP contribution is 2.23. The molecule has 156 valence electrons. The summed E-state index contributed by atoms with van der Waals surface area (Å²) < 4.78 is 27.8. The third kappa shape index (κ3) is 3.93. The van der Waals surface area contributed by atoms with Gasteiger partial charge in [-0.2, -0.15) is 0 Å². The fraction of sp³-hybridized carbons (Fsp3) is 0.550. The molecule has 2 aliphatic rings. The molecule has 0 aliphatic carbocycles. The first-order valence-electron chi connectivity index (χ1n) is 10.2. The number of sulfonamides is 1. The molecule has 1 fully saturated rings. The van der Waals surface area contributed by atoms with Crippen LogP contribution in [-0.2, 0) is 27.8 Å². The second kappa shape index (κ2) is 7.87. The first-order chi connectivity index (χ1) is 13.9. The molecule has 0 saturated carbocycles. The Kier molecular flexibility index (Phi) is 5.44. The van der Waals surface area contributed by atoms with Crippen molar-refractivity contribution in [3.05, 3.63) is 34.4 Å². The predicted molar refractivity (Wildman–Crippen MR) is 111 cm³/mol. The number of rotatable bonds is 5. The van der Waals surface area contributed by atoms with E-state index in [4.69, 9.17) is 0 Å². The van der Waals surface area contributed by atoms with Gasteiger partial charge in [0.05, 0.1) is 22.6 Å². The van der Waals surface area contributed by atoms with Gasteiger partial charge in [0.1, 0.15) is 5.82 Å². The van der Waals surface area contributed by atoms with E-state index in [1.807, 2.05) is 6.92 Å². The summed E-state index contributed by atoms with van der Waals surface area (Å²) in [7, 11) is -3.31. The molecular formula is C20H26N4O4S. The zero-order chi connectivity index (χ0) is 20.6. The van der Waals surface area contributed by atoms with Crippen molar-refractivity contribution in [2.45, 2.75) is 45.6 Å². The number of aryl methyl sites for hydroxylation is 1. The second-order valence-corrected chi connectivity index (χ2v) is 9.91. The molecule has 1 aromatic heterocycles. The number of hydrogen-bond donors (Lipinski definition) is 1. The average molecular weight is 419 g/mol. The van der Waals surface area contributed by atoms with Gasteiger partial charge >= 0.3 is 0 Å². The molecule has 1 unspecified atom stereocenters. The van der Waals surface area contributed by atoms with Gasteiger partial charge in [0.2, 0.25) is 15.9 Å². The number of anilines is 1. The van der Waals surface area contributed by atoms with Gasteiger partial charge in [-0.25, -0.2) is 17.7 Å². The third-order valence-electron chi connectivity index (χ3n) is 5.69. The minimum atomic E-state index is -3.31. The average Bonchev–Trinajstić information content (AvgIpc) is 3.17. The number of aromatic nitrogens is 2. The van der Waals surface area contributed by atoms with Crippen molar-refractivity contribution in [3.63, 3.8) is 0 Å². The molecule has 1 amide bonds. The van der Waals surface area contributed by atoms with Crippen molar-refractivity contribution in [3.8, 4) is 0 Å². The molecule has 2 aromatic rings. The van der Waals surface area contributed by atoms with Gasteiger partial charge in [0, 0.05) is 31.7 Å². The fourth-order valence-corrected chi connectivity index (χ4v) is 5.79. The van der Waals surface area contributed by atoms with Crippen LogP contribution in [0.3, 0.4) is 0 Å². The zero-order valence-electron chi connectivity index (χ0n) is 16.6. The Morgan fingerprint density at radius 2 is 2.10 bits per heavy atom. The summed E-state index contributed by atoms with van der Waals surface area (Å²) in [6.45, 7) is 3.19. The Morgan fingerprint density at radius 3 is 2.90 bits per heavy atom. The molecule has 0 radical (unpaired) electrons. The number of benzene rings is 1. The standard InChI is InChI=1S/C20H26N4O4S/c1-2-11-29(27,28)23-9-3-5-14(13-23)19(25)21-15-7-8-17-16(12-15)20(26)24-10-4-6-18(24)22-17/h7-8,12,14H,2-6,9-11,13H2,1H3,(H,21,25). The lowest BCUT2D eigenvalue weighted by molar-refractivity contribution is -0.120. The van der Waals surface area contributed by atoms with Crippen molar-refractivity contribution < 1.29 is 13.2 Å². The molecule has 9 heteroatoms. The lowest BCUT2D eigenvalue weighted by atomic mass is 9.98. The van der Waals surface area contributed by atoms with E-state index in [1.165, 1.54) is 4.31 Å². The van der Waals surface area contributed by atoms with E-state index >= 15 is 0 Å². The smallest absolute Gasteiger partial charge is 0.261 e. The fourth-order valence-electron chi connectivity index (χ4n) is 4.20. The summed E-state index contributed by atoms with van der Waals surface area (Å²) in [5.41, 5.74) is 1.09. The highest BCUT2D eigenvalue weighted by molar-refractivity contribution is 7.89. The quantitative estimate of drug-likeness (QED) is 0.797. The van der Waals surface area contributed by atoms with E-state index in [2.05, 4.69) is 10.3 Å².